The van der Waals surface area contributed by atoms with Crippen molar-refractivity contribution in [1.29, 1.82) is 0 Å². The van der Waals surface area contributed by atoms with Crippen LogP contribution in [0.15, 0.2) is 12.3 Å². The molecule has 0 spiro atoms. The largest absolute Gasteiger partial charge is 0.310 e. The number of sulfone groups is 1. The summed E-state index contributed by atoms with van der Waals surface area (Å²) < 4.78 is 24.5. The lowest BCUT2D eigenvalue weighted by molar-refractivity contribution is 0.552. The van der Waals surface area contributed by atoms with Crippen LogP contribution in [0.1, 0.15) is 26.0 Å². The second-order valence-electron chi connectivity index (χ2n) is 3.96. The highest BCUT2D eigenvalue weighted by molar-refractivity contribution is 7.91. The average Bonchev–Trinajstić information content (AvgIpc) is 2.73. The Morgan fingerprint density at radius 2 is 2.18 bits per heavy atom. The molecule has 17 heavy (non-hydrogen) atoms. The van der Waals surface area contributed by atoms with E-state index in [1.165, 1.54) is 0 Å². The van der Waals surface area contributed by atoms with Gasteiger partial charge in [0.1, 0.15) is 0 Å². The van der Waals surface area contributed by atoms with Crippen molar-refractivity contribution in [2.24, 2.45) is 0 Å². The van der Waals surface area contributed by atoms with Gasteiger partial charge < -0.3 is 5.32 Å². The number of nitrogens with one attached hydrogen (secondary N) is 1. The molecule has 5 nitrogen and oxygen atoms in total. The summed E-state index contributed by atoms with van der Waals surface area (Å²) >= 11 is 0. The maximum Gasteiger partial charge on any atom is 0.151 e. The van der Waals surface area contributed by atoms with Gasteiger partial charge in [-0.2, -0.15) is 5.10 Å². The highest BCUT2D eigenvalue weighted by atomic mass is 32.2. The van der Waals surface area contributed by atoms with E-state index in [4.69, 9.17) is 0 Å². The third kappa shape index (κ3) is 4.87. The van der Waals surface area contributed by atoms with Crippen LogP contribution in [0.2, 0.25) is 0 Å². The van der Waals surface area contributed by atoms with E-state index in [0.717, 1.165) is 18.7 Å². The predicted octanol–water partition coefficient (Wildman–Crippen LogP) is 0.817. The van der Waals surface area contributed by atoms with Gasteiger partial charge in [-0.05, 0) is 12.5 Å². The molecular weight excluding hydrogens is 238 g/mol. The smallest absolute Gasteiger partial charge is 0.151 e. The Kier molecular flexibility index (Phi) is 5.64. The van der Waals surface area contributed by atoms with Crippen LogP contribution in [-0.2, 0) is 22.9 Å². The normalized spacial score (nSPS) is 11.9. The molecule has 0 atom stereocenters. The molecule has 0 aromatic carbocycles. The van der Waals surface area contributed by atoms with Crippen molar-refractivity contribution in [2.45, 2.75) is 33.4 Å². The summed E-state index contributed by atoms with van der Waals surface area (Å²) in [6.07, 6.45) is 2.81. The third-order valence-electron chi connectivity index (χ3n) is 2.58. The zero-order valence-corrected chi connectivity index (χ0v) is 11.3. The summed E-state index contributed by atoms with van der Waals surface area (Å²) in [6.45, 7) is 5.84. The minimum atomic E-state index is -2.87. The lowest BCUT2D eigenvalue weighted by Crippen LogP contribution is -2.24. The summed E-state index contributed by atoms with van der Waals surface area (Å²) in [6, 6.07) is 1.96. The van der Waals surface area contributed by atoms with E-state index in [1.807, 2.05) is 10.7 Å². The van der Waals surface area contributed by atoms with Crippen LogP contribution < -0.4 is 5.32 Å². The molecule has 1 aromatic heterocycles. The van der Waals surface area contributed by atoms with Crippen molar-refractivity contribution >= 4 is 9.84 Å². The van der Waals surface area contributed by atoms with Crippen molar-refractivity contribution in [3.8, 4) is 0 Å². The summed E-state index contributed by atoms with van der Waals surface area (Å²) in [5.41, 5.74) is 1.10. The molecule has 0 aliphatic heterocycles. The monoisotopic (exact) mass is 259 g/mol. The topological polar surface area (TPSA) is 64.0 Å². The molecule has 6 heteroatoms. The van der Waals surface area contributed by atoms with Gasteiger partial charge in [0.15, 0.2) is 9.84 Å². The van der Waals surface area contributed by atoms with Crippen molar-refractivity contribution in [2.75, 3.05) is 18.1 Å². The minimum absolute atomic E-state index is 0.200. The van der Waals surface area contributed by atoms with Gasteiger partial charge in [-0.15, -0.1) is 0 Å². The summed E-state index contributed by atoms with van der Waals surface area (Å²) in [5.74, 6) is 0.411. The first-order chi connectivity index (χ1) is 8.09. The van der Waals surface area contributed by atoms with E-state index in [0.29, 0.717) is 13.1 Å². The van der Waals surface area contributed by atoms with Crippen LogP contribution >= 0.6 is 0 Å². The van der Waals surface area contributed by atoms with Crippen molar-refractivity contribution in [3.63, 3.8) is 0 Å². The molecule has 1 aromatic rings. The number of aryl methyl sites for hydroxylation is 1. The molecule has 98 valence electrons. The molecule has 0 saturated carbocycles. The second-order valence-corrected chi connectivity index (χ2v) is 6.43. The van der Waals surface area contributed by atoms with Crippen molar-refractivity contribution in [1.82, 2.24) is 15.1 Å². The molecule has 0 bridgehead atoms. The second kappa shape index (κ2) is 6.76. The van der Waals surface area contributed by atoms with Gasteiger partial charge in [0.2, 0.25) is 0 Å². The molecule has 0 fully saturated rings. The predicted molar refractivity (Wildman–Crippen MR) is 68.6 cm³/mol. The van der Waals surface area contributed by atoms with Gasteiger partial charge in [-0.1, -0.05) is 13.8 Å². The number of aromatic nitrogens is 2. The standard InChI is InChI=1S/C11H21N3O2S/c1-3-8-14-11(5-6-13-14)10-12-7-9-17(15,16)4-2/h5-6,12H,3-4,7-10H2,1-2H3. The van der Waals surface area contributed by atoms with E-state index in [2.05, 4.69) is 17.3 Å². The van der Waals surface area contributed by atoms with Crippen LogP contribution in [-0.4, -0.2) is 36.2 Å². The Hall–Kier alpha value is -0.880. The molecule has 0 unspecified atom stereocenters. The Labute approximate surface area is 103 Å². The highest BCUT2D eigenvalue weighted by Crippen LogP contribution is 1.99. The van der Waals surface area contributed by atoms with Crippen LogP contribution in [0.3, 0.4) is 0 Å². The minimum Gasteiger partial charge on any atom is -0.310 e. The Morgan fingerprint density at radius 1 is 1.41 bits per heavy atom. The Bertz CT molecular complexity index is 426. The number of hydrogen-bond donors (Lipinski definition) is 1. The van der Waals surface area contributed by atoms with E-state index in [-0.39, 0.29) is 11.5 Å². The van der Waals surface area contributed by atoms with Crippen LogP contribution in [0, 0.1) is 0 Å². The third-order valence-corrected chi connectivity index (χ3v) is 4.28. The molecule has 0 aliphatic rings. The lowest BCUT2D eigenvalue weighted by Gasteiger charge is -2.07. The van der Waals surface area contributed by atoms with Crippen molar-refractivity contribution in [3.05, 3.63) is 18.0 Å². The summed E-state index contributed by atoms with van der Waals surface area (Å²) in [7, 11) is -2.87. The van der Waals surface area contributed by atoms with Gasteiger partial charge >= 0.3 is 0 Å². The molecule has 1 heterocycles. The van der Waals surface area contributed by atoms with Gasteiger partial charge in [0, 0.05) is 31.6 Å². The number of nitrogens with zero attached hydrogens (tertiary/aromatic N) is 2. The average molecular weight is 259 g/mol. The molecule has 0 radical (unpaired) electrons. The number of hydrogen-bond acceptors (Lipinski definition) is 4. The molecule has 0 aliphatic carbocycles. The van der Waals surface area contributed by atoms with Gasteiger partial charge in [-0.25, -0.2) is 8.42 Å². The fourth-order valence-electron chi connectivity index (χ4n) is 1.51. The van der Waals surface area contributed by atoms with E-state index in [9.17, 15) is 8.42 Å². The van der Waals surface area contributed by atoms with Crippen LogP contribution in [0.4, 0.5) is 0 Å². The zero-order valence-electron chi connectivity index (χ0n) is 10.5. The van der Waals surface area contributed by atoms with Gasteiger partial charge in [0.05, 0.1) is 11.4 Å². The zero-order chi connectivity index (χ0) is 12.7. The molecule has 0 saturated heterocycles. The fraction of sp³-hybridized carbons (Fsp3) is 0.727. The first-order valence-electron chi connectivity index (χ1n) is 6.01. The lowest BCUT2D eigenvalue weighted by atomic mass is 10.4. The highest BCUT2D eigenvalue weighted by Gasteiger charge is 2.06. The first-order valence-corrected chi connectivity index (χ1v) is 7.83. The van der Waals surface area contributed by atoms with E-state index >= 15 is 0 Å². The molecular formula is C11H21N3O2S. The summed E-state index contributed by atoms with van der Waals surface area (Å²) in [4.78, 5) is 0. The quantitative estimate of drug-likeness (QED) is 0.702. The molecule has 0 amide bonds. The van der Waals surface area contributed by atoms with Gasteiger partial charge in [-0.3, -0.25) is 4.68 Å². The maximum atomic E-state index is 11.3. The van der Waals surface area contributed by atoms with E-state index < -0.39 is 9.84 Å². The summed E-state index contributed by atoms with van der Waals surface area (Å²) in [5, 5.41) is 7.35. The fourth-order valence-corrected chi connectivity index (χ4v) is 2.26. The van der Waals surface area contributed by atoms with Crippen LogP contribution in [0.5, 0.6) is 0 Å². The molecule has 1 N–H and O–H groups in total. The SMILES string of the molecule is CCCn1nccc1CNCCS(=O)(=O)CC. The molecule has 1 rings (SSSR count). The maximum absolute atomic E-state index is 11.3. The number of rotatable bonds is 8. The van der Waals surface area contributed by atoms with E-state index in [1.54, 1.807) is 13.1 Å². The van der Waals surface area contributed by atoms with Crippen molar-refractivity contribution < 1.29 is 8.42 Å². The first kappa shape index (κ1) is 14.2. The van der Waals surface area contributed by atoms with Gasteiger partial charge in [0.25, 0.3) is 0 Å². The van der Waals surface area contributed by atoms with Crippen LogP contribution in [0.25, 0.3) is 0 Å². The Balaban J connectivity index is 2.33. The Morgan fingerprint density at radius 3 is 2.82 bits per heavy atom.